The van der Waals surface area contributed by atoms with Gasteiger partial charge in [-0.2, -0.15) is 0 Å². The maximum atomic E-state index is 11.6. The van der Waals surface area contributed by atoms with E-state index >= 15 is 0 Å². The quantitative estimate of drug-likeness (QED) is 0.395. The summed E-state index contributed by atoms with van der Waals surface area (Å²) in [6.45, 7) is 4.84. The molecule has 0 saturated carbocycles. The molecule has 1 saturated heterocycles. The van der Waals surface area contributed by atoms with Gasteiger partial charge in [-0.15, -0.1) is 0 Å². The molecule has 1 aliphatic heterocycles. The molecule has 6 atom stereocenters. The molecule has 164 valence electrons. The summed E-state index contributed by atoms with van der Waals surface area (Å²) >= 11 is 0. The summed E-state index contributed by atoms with van der Waals surface area (Å²) in [6.07, 6.45) is -9.10. The second-order valence-corrected chi connectivity index (χ2v) is 6.16. The fourth-order valence-electron chi connectivity index (χ4n) is 2.73. The van der Waals surface area contributed by atoms with Crippen molar-refractivity contribution in [2.45, 2.75) is 71.4 Å². The SMILES string of the molecule is CC(=O)OC[C@@H](OC(C)=O)[C@H]1O[C@@H](O)[C@@H](OC(C)=O)[C@@H](OC(C)=O)[C@@H]1OC(C)=O. The number of ether oxygens (including phenoxy) is 6. The first-order chi connectivity index (χ1) is 13.4. The lowest BCUT2D eigenvalue weighted by molar-refractivity contribution is -0.306. The fourth-order valence-corrected chi connectivity index (χ4v) is 2.73. The lowest BCUT2D eigenvalue weighted by Crippen LogP contribution is -2.64. The molecule has 0 aliphatic carbocycles. The van der Waals surface area contributed by atoms with Crippen LogP contribution >= 0.6 is 0 Å². The first kappa shape index (κ1) is 24.3. The van der Waals surface area contributed by atoms with Gasteiger partial charge in [-0.1, -0.05) is 0 Å². The first-order valence-corrected chi connectivity index (χ1v) is 8.58. The van der Waals surface area contributed by atoms with Gasteiger partial charge in [0.1, 0.15) is 12.7 Å². The molecule has 12 nitrogen and oxygen atoms in total. The lowest BCUT2D eigenvalue weighted by Gasteiger charge is -2.44. The Morgan fingerprint density at radius 2 is 1.24 bits per heavy atom. The van der Waals surface area contributed by atoms with Crippen LogP contribution in [0.3, 0.4) is 0 Å². The van der Waals surface area contributed by atoms with E-state index in [4.69, 9.17) is 28.4 Å². The van der Waals surface area contributed by atoms with Crippen molar-refractivity contribution in [2.75, 3.05) is 6.61 Å². The zero-order chi connectivity index (χ0) is 22.3. The molecule has 0 bridgehead atoms. The van der Waals surface area contributed by atoms with Gasteiger partial charge in [-0.3, -0.25) is 24.0 Å². The molecule has 0 unspecified atom stereocenters. The van der Waals surface area contributed by atoms with Gasteiger partial charge in [0.2, 0.25) is 0 Å². The molecule has 0 radical (unpaired) electrons. The van der Waals surface area contributed by atoms with Crippen LogP contribution < -0.4 is 0 Å². The van der Waals surface area contributed by atoms with Gasteiger partial charge in [-0.05, 0) is 0 Å². The minimum absolute atomic E-state index is 0.505. The van der Waals surface area contributed by atoms with Crippen LogP contribution in [0.5, 0.6) is 0 Å². The van der Waals surface area contributed by atoms with Crippen molar-refractivity contribution in [2.24, 2.45) is 0 Å². The van der Waals surface area contributed by atoms with E-state index in [1.807, 2.05) is 0 Å². The molecular formula is C17H24O12. The van der Waals surface area contributed by atoms with E-state index < -0.39 is 73.3 Å². The monoisotopic (exact) mass is 420 g/mol. The zero-order valence-electron chi connectivity index (χ0n) is 16.6. The zero-order valence-corrected chi connectivity index (χ0v) is 16.6. The molecule has 1 fully saturated rings. The largest absolute Gasteiger partial charge is 0.462 e. The summed E-state index contributed by atoms with van der Waals surface area (Å²) in [5.41, 5.74) is 0. The Hall–Kier alpha value is -2.73. The van der Waals surface area contributed by atoms with Crippen molar-refractivity contribution in [3.63, 3.8) is 0 Å². The Bertz CT molecular complexity index is 644. The van der Waals surface area contributed by atoms with Crippen molar-refractivity contribution in [1.29, 1.82) is 0 Å². The van der Waals surface area contributed by atoms with E-state index in [-0.39, 0.29) is 0 Å². The highest BCUT2D eigenvalue weighted by Crippen LogP contribution is 2.30. The first-order valence-electron chi connectivity index (χ1n) is 8.58. The van der Waals surface area contributed by atoms with Gasteiger partial charge >= 0.3 is 29.8 Å². The van der Waals surface area contributed by atoms with Crippen LogP contribution in [-0.2, 0) is 52.4 Å². The number of aliphatic hydroxyl groups excluding tert-OH is 1. The Morgan fingerprint density at radius 3 is 1.69 bits per heavy atom. The van der Waals surface area contributed by atoms with Gasteiger partial charge in [0.25, 0.3) is 0 Å². The second kappa shape index (κ2) is 10.7. The van der Waals surface area contributed by atoms with E-state index in [9.17, 15) is 29.1 Å². The molecule has 0 amide bonds. The number of rotatable bonds is 7. The third-order valence-electron chi connectivity index (χ3n) is 3.59. The molecule has 0 aromatic heterocycles. The topological polar surface area (TPSA) is 161 Å². The van der Waals surface area contributed by atoms with Gasteiger partial charge in [0, 0.05) is 34.6 Å². The Balaban J connectivity index is 3.34. The number of esters is 5. The van der Waals surface area contributed by atoms with Crippen molar-refractivity contribution in [1.82, 2.24) is 0 Å². The Morgan fingerprint density at radius 1 is 0.759 bits per heavy atom. The number of hydrogen-bond acceptors (Lipinski definition) is 12. The van der Waals surface area contributed by atoms with Gasteiger partial charge < -0.3 is 33.5 Å². The predicted octanol–water partition coefficient (Wildman–Crippen LogP) is -1.01. The van der Waals surface area contributed by atoms with Crippen molar-refractivity contribution in [3.8, 4) is 0 Å². The van der Waals surface area contributed by atoms with Crippen LogP contribution in [0.4, 0.5) is 0 Å². The van der Waals surface area contributed by atoms with Crippen molar-refractivity contribution >= 4 is 29.8 Å². The van der Waals surface area contributed by atoms with E-state index in [0.717, 1.165) is 34.6 Å². The molecule has 0 spiro atoms. The average molecular weight is 420 g/mol. The van der Waals surface area contributed by atoms with Crippen molar-refractivity contribution < 1.29 is 57.5 Å². The summed E-state index contributed by atoms with van der Waals surface area (Å²) in [5, 5.41) is 10.3. The van der Waals surface area contributed by atoms with Gasteiger partial charge in [0.15, 0.2) is 30.7 Å². The van der Waals surface area contributed by atoms with Gasteiger partial charge in [0.05, 0.1) is 0 Å². The third kappa shape index (κ3) is 7.66. The Labute approximate surface area is 166 Å². The second-order valence-electron chi connectivity index (χ2n) is 6.16. The van der Waals surface area contributed by atoms with Crippen molar-refractivity contribution in [3.05, 3.63) is 0 Å². The molecule has 0 aromatic rings. The number of hydrogen-bond donors (Lipinski definition) is 1. The normalized spacial score (nSPS) is 27.2. The molecular weight excluding hydrogens is 396 g/mol. The fraction of sp³-hybridized carbons (Fsp3) is 0.706. The van der Waals surface area contributed by atoms with E-state index in [0.29, 0.717) is 0 Å². The maximum absolute atomic E-state index is 11.6. The smallest absolute Gasteiger partial charge is 0.303 e. The number of aliphatic hydroxyl groups is 1. The molecule has 0 aromatic carbocycles. The molecule has 1 aliphatic rings. The molecule has 29 heavy (non-hydrogen) atoms. The maximum Gasteiger partial charge on any atom is 0.303 e. The highest BCUT2D eigenvalue weighted by molar-refractivity contribution is 5.69. The Kier molecular flexibility index (Phi) is 8.98. The molecule has 1 N–H and O–H groups in total. The number of carbonyl (C=O) groups is 5. The predicted molar refractivity (Wildman–Crippen MR) is 89.7 cm³/mol. The standard InChI is InChI=1S/C17H24O12/c1-7(18)24-6-12(25-8(2)19)13-14(26-9(3)20)15(27-10(4)21)16(17(23)29-13)28-11(5)22/h12-17,23H,6H2,1-5H3/t12-,13-,14-,15+,16+,17-/m1/s1. The third-order valence-corrected chi connectivity index (χ3v) is 3.59. The molecule has 1 rings (SSSR count). The minimum Gasteiger partial charge on any atom is -0.462 e. The van der Waals surface area contributed by atoms with Crippen LogP contribution in [0.2, 0.25) is 0 Å². The summed E-state index contributed by atoms with van der Waals surface area (Å²) in [5.74, 6) is -3.97. The van der Waals surface area contributed by atoms with Gasteiger partial charge in [-0.25, -0.2) is 0 Å². The molecule has 1 heterocycles. The highest BCUT2D eigenvalue weighted by Gasteiger charge is 2.54. The van der Waals surface area contributed by atoms with Crippen LogP contribution in [0.1, 0.15) is 34.6 Å². The average Bonchev–Trinajstić information content (AvgIpc) is 2.55. The van der Waals surface area contributed by atoms with E-state index in [1.165, 1.54) is 0 Å². The minimum atomic E-state index is -1.84. The summed E-state index contributed by atoms with van der Waals surface area (Å²) in [6, 6.07) is 0. The highest BCUT2D eigenvalue weighted by atomic mass is 16.7. The molecule has 12 heteroatoms. The lowest BCUT2D eigenvalue weighted by atomic mass is 9.94. The summed E-state index contributed by atoms with van der Waals surface area (Å²) in [7, 11) is 0. The van der Waals surface area contributed by atoms with Crippen LogP contribution in [0.15, 0.2) is 0 Å². The summed E-state index contributed by atoms with van der Waals surface area (Å²) in [4.78, 5) is 57.2. The van der Waals surface area contributed by atoms with Crippen LogP contribution in [-0.4, -0.2) is 78.4 Å². The summed E-state index contributed by atoms with van der Waals surface area (Å²) < 4.78 is 30.5. The van der Waals surface area contributed by atoms with E-state index in [1.54, 1.807) is 0 Å². The number of carbonyl (C=O) groups excluding carboxylic acids is 5. The van der Waals surface area contributed by atoms with Crippen LogP contribution in [0.25, 0.3) is 0 Å². The van der Waals surface area contributed by atoms with Crippen LogP contribution in [0, 0.1) is 0 Å². The van der Waals surface area contributed by atoms with E-state index in [2.05, 4.69) is 0 Å².